The van der Waals surface area contributed by atoms with E-state index in [1.165, 1.54) is 0 Å². The number of nitrogens with zero attached hydrogens (tertiary/aromatic N) is 1. The smallest absolute Gasteiger partial charge is 0.331 e. The maximum atomic E-state index is 12.5. The number of imide groups is 2. The summed E-state index contributed by atoms with van der Waals surface area (Å²) in [5.74, 6) is -1.44. The van der Waals surface area contributed by atoms with E-state index in [0.29, 0.717) is 13.2 Å². The van der Waals surface area contributed by atoms with Crippen molar-refractivity contribution in [3.05, 3.63) is 0 Å². The molecule has 6 heteroatoms. The van der Waals surface area contributed by atoms with Crippen LogP contribution in [-0.2, 0) is 14.3 Å². The van der Waals surface area contributed by atoms with Gasteiger partial charge in [-0.25, -0.2) is 4.79 Å². The topological polar surface area (TPSA) is 75.7 Å². The van der Waals surface area contributed by atoms with Crippen LogP contribution in [0.1, 0.15) is 39.5 Å². The summed E-state index contributed by atoms with van der Waals surface area (Å²) in [7, 11) is 0. The van der Waals surface area contributed by atoms with E-state index in [2.05, 4.69) is 5.32 Å². The lowest BCUT2D eigenvalue weighted by Crippen LogP contribution is -2.62. The van der Waals surface area contributed by atoms with E-state index in [0.717, 1.165) is 30.6 Å². The summed E-state index contributed by atoms with van der Waals surface area (Å²) < 4.78 is 5.27. The Kier molecular flexibility index (Phi) is 4.75. The van der Waals surface area contributed by atoms with Crippen molar-refractivity contribution in [1.82, 2.24) is 10.2 Å². The fourth-order valence-electron chi connectivity index (χ4n) is 3.09. The summed E-state index contributed by atoms with van der Waals surface area (Å²) in [6.45, 7) is 4.44. The van der Waals surface area contributed by atoms with Gasteiger partial charge in [-0.1, -0.05) is 12.8 Å². The second kappa shape index (κ2) is 6.35. The van der Waals surface area contributed by atoms with E-state index in [9.17, 15) is 14.4 Å². The number of rotatable bonds is 5. The van der Waals surface area contributed by atoms with Crippen molar-refractivity contribution < 1.29 is 19.1 Å². The standard InChI is InChI=1S/C14H22N2O4/c1-3-20-8-9(2)16-13(18)11(10-6-4-5-7-10)12(17)15-14(16)19/h9-11H,3-8H2,1-2H3,(H,15,17,19). The number of hydrogen-bond acceptors (Lipinski definition) is 4. The quantitative estimate of drug-likeness (QED) is 0.771. The van der Waals surface area contributed by atoms with Crippen molar-refractivity contribution in [2.24, 2.45) is 11.8 Å². The highest BCUT2D eigenvalue weighted by molar-refractivity contribution is 6.16. The molecule has 1 aliphatic heterocycles. The Hall–Kier alpha value is -1.43. The molecule has 2 atom stereocenters. The highest BCUT2D eigenvalue weighted by Gasteiger charge is 2.46. The molecule has 2 aliphatic rings. The van der Waals surface area contributed by atoms with E-state index < -0.39 is 17.9 Å². The predicted molar refractivity (Wildman–Crippen MR) is 71.8 cm³/mol. The van der Waals surface area contributed by atoms with Gasteiger partial charge in [-0.2, -0.15) is 0 Å². The van der Waals surface area contributed by atoms with Crippen molar-refractivity contribution in [3.63, 3.8) is 0 Å². The van der Waals surface area contributed by atoms with Crippen molar-refractivity contribution in [1.29, 1.82) is 0 Å². The minimum absolute atomic E-state index is 0.0670. The number of carbonyl (C=O) groups is 3. The molecule has 2 unspecified atom stereocenters. The molecule has 0 bridgehead atoms. The molecule has 0 aromatic carbocycles. The summed E-state index contributed by atoms with van der Waals surface area (Å²) in [5.41, 5.74) is 0. The van der Waals surface area contributed by atoms with Gasteiger partial charge in [0, 0.05) is 6.61 Å². The van der Waals surface area contributed by atoms with Crippen molar-refractivity contribution in [2.75, 3.05) is 13.2 Å². The van der Waals surface area contributed by atoms with Crippen LogP contribution in [0.25, 0.3) is 0 Å². The molecular formula is C14H22N2O4. The van der Waals surface area contributed by atoms with Gasteiger partial charge in [-0.3, -0.25) is 19.8 Å². The number of barbiturate groups is 1. The summed E-state index contributed by atoms with van der Waals surface area (Å²) >= 11 is 0. The summed E-state index contributed by atoms with van der Waals surface area (Å²) in [4.78, 5) is 37.6. The number of ether oxygens (including phenoxy) is 1. The minimum atomic E-state index is -0.709. The van der Waals surface area contributed by atoms with E-state index >= 15 is 0 Å². The first kappa shape index (κ1) is 15.0. The monoisotopic (exact) mass is 282 g/mol. The van der Waals surface area contributed by atoms with Gasteiger partial charge in [-0.15, -0.1) is 0 Å². The van der Waals surface area contributed by atoms with Gasteiger partial charge in [-0.05, 0) is 32.6 Å². The molecule has 1 saturated carbocycles. The SMILES string of the molecule is CCOCC(C)N1C(=O)NC(=O)C(C2CCCC2)C1=O. The molecule has 4 amide bonds. The number of amides is 4. The molecule has 1 heterocycles. The van der Waals surface area contributed by atoms with Crippen molar-refractivity contribution in [2.45, 2.75) is 45.6 Å². The third-order valence-electron chi connectivity index (χ3n) is 4.11. The number of hydrogen-bond donors (Lipinski definition) is 1. The molecule has 0 spiro atoms. The molecule has 2 fully saturated rings. The third kappa shape index (κ3) is 2.85. The molecule has 2 rings (SSSR count). The first-order valence-electron chi connectivity index (χ1n) is 7.32. The average Bonchev–Trinajstić information content (AvgIpc) is 2.89. The number of carbonyl (C=O) groups excluding carboxylic acids is 3. The summed E-state index contributed by atoms with van der Waals surface area (Å²) in [6, 6.07) is -0.985. The normalized spacial score (nSPS) is 26.0. The maximum absolute atomic E-state index is 12.5. The molecule has 20 heavy (non-hydrogen) atoms. The van der Waals surface area contributed by atoms with Crippen LogP contribution >= 0.6 is 0 Å². The van der Waals surface area contributed by atoms with Crippen LogP contribution in [0.2, 0.25) is 0 Å². The van der Waals surface area contributed by atoms with Gasteiger partial charge < -0.3 is 4.74 Å². The molecule has 0 aromatic rings. The fraction of sp³-hybridized carbons (Fsp3) is 0.786. The van der Waals surface area contributed by atoms with E-state index in [1.54, 1.807) is 6.92 Å². The Morgan fingerprint density at radius 3 is 2.55 bits per heavy atom. The van der Waals surface area contributed by atoms with Gasteiger partial charge in [0.1, 0.15) is 5.92 Å². The predicted octanol–water partition coefficient (Wildman–Crippen LogP) is 1.30. The van der Waals surface area contributed by atoms with Gasteiger partial charge in [0.05, 0.1) is 12.6 Å². The average molecular weight is 282 g/mol. The Bertz CT molecular complexity index is 404. The van der Waals surface area contributed by atoms with E-state index in [1.807, 2.05) is 6.92 Å². The second-order valence-corrected chi connectivity index (χ2v) is 5.53. The molecule has 1 saturated heterocycles. The highest BCUT2D eigenvalue weighted by atomic mass is 16.5. The van der Waals surface area contributed by atoms with E-state index in [-0.39, 0.29) is 17.9 Å². The molecule has 112 valence electrons. The molecule has 1 N–H and O–H groups in total. The first-order chi connectivity index (χ1) is 9.56. The zero-order chi connectivity index (χ0) is 14.7. The fourth-order valence-corrected chi connectivity index (χ4v) is 3.09. The minimum Gasteiger partial charge on any atom is -0.380 e. The van der Waals surface area contributed by atoms with Gasteiger partial charge in [0.25, 0.3) is 0 Å². The number of nitrogens with one attached hydrogen (secondary N) is 1. The van der Waals surface area contributed by atoms with Crippen molar-refractivity contribution >= 4 is 17.8 Å². The van der Waals surface area contributed by atoms with Crippen LogP contribution in [0.3, 0.4) is 0 Å². The zero-order valence-corrected chi connectivity index (χ0v) is 12.1. The van der Waals surface area contributed by atoms with Crippen LogP contribution < -0.4 is 5.32 Å². The molecular weight excluding hydrogens is 260 g/mol. The van der Waals surface area contributed by atoms with Crippen LogP contribution in [0.4, 0.5) is 4.79 Å². The van der Waals surface area contributed by atoms with Gasteiger partial charge in [0.2, 0.25) is 11.8 Å². The maximum Gasteiger partial charge on any atom is 0.331 e. The summed E-state index contributed by atoms with van der Waals surface area (Å²) in [6.07, 6.45) is 3.85. The molecule has 0 aromatic heterocycles. The molecule has 6 nitrogen and oxygen atoms in total. The largest absolute Gasteiger partial charge is 0.380 e. The zero-order valence-electron chi connectivity index (χ0n) is 12.1. The summed E-state index contributed by atoms with van der Waals surface area (Å²) in [5, 5.41) is 2.32. The lowest BCUT2D eigenvalue weighted by molar-refractivity contribution is -0.147. The Balaban J connectivity index is 2.13. The van der Waals surface area contributed by atoms with Crippen LogP contribution in [0.15, 0.2) is 0 Å². The van der Waals surface area contributed by atoms with Crippen LogP contribution in [0, 0.1) is 11.8 Å². The Morgan fingerprint density at radius 1 is 1.30 bits per heavy atom. The lowest BCUT2D eigenvalue weighted by atomic mass is 9.87. The van der Waals surface area contributed by atoms with Crippen molar-refractivity contribution in [3.8, 4) is 0 Å². The van der Waals surface area contributed by atoms with Gasteiger partial charge in [0.15, 0.2) is 0 Å². The Morgan fingerprint density at radius 2 is 1.95 bits per heavy atom. The van der Waals surface area contributed by atoms with E-state index in [4.69, 9.17) is 4.74 Å². The molecule has 1 aliphatic carbocycles. The lowest BCUT2D eigenvalue weighted by Gasteiger charge is -2.36. The first-order valence-corrected chi connectivity index (χ1v) is 7.32. The number of urea groups is 1. The van der Waals surface area contributed by atoms with Gasteiger partial charge >= 0.3 is 6.03 Å². The highest BCUT2D eigenvalue weighted by Crippen LogP contribution is 2.34. The third-order valence-corrected chi connectivity index (χ3v) is 4.11. The molecule has 0 radical (unpaired) electrons. The second-order valence-electron chi connectivity index (χ2n) is 5.53. The van der Waals surface area contributed by atoms with Crippen LogP contribution in [0.5, 0.6) is 0 Å². The van der Waals surface area contributed by atoms with Crippen LogP contribution in [-0.4, -0.2) is 42.0 Å². The Labute approximate surface area is 118 Å².